The van der Waals surface area contributed by atoms with E-state index in [0.29, 0.717) is 10.8 Å². The molecule has 0 fully saturated rings. The number of hydrogen-bond donors (Lipinski definition) is 2. The van der Waals surface area contributed by atoms with E-state index in [1.807, 2.05) is 18.2 Å². The quantitative estimate of drug-likeness (QED) is 0.506. The normalized spacial score (nSPS) is 10.5. The lowest BCUT2D eigenvalue weighted by atomic mass is 10.2. The number of aromatic amines is 1. The van der Waals surface area contributed by atoms with E-state index in [1.165, 1.54) is 37.3 Å². The number of rotatable bonds is 6. The molecule has 0 aliphatic heterocycles. The van der Waals surface area contributed by atoms with E-state index in [9.17, 15) is 9.59 Å². The monoisotopic (exact) mass is 372 g/mol. The van der Waals surface area contributed by atoms with Gasteiger partial charge in [0, 0.05) is 12.3 Å². The van der Waals surface area contributed by atoms with Crippen molar-refractivity contribution in [3.05, 3.63) is 42.2 Å². The maximum Gasteiger partial charge on any atom is 0.340 e. The van der Waals surface area contributed by atoms with Gasteiger partial charge in [0.15, 0.2) is 5.16 Å². The largest absolute Gasteiger partial charge is 0.497 e. The van der Waals surface area contributed by atoms with Gasteiger partial charge in [-0.1, -0.05) is 11.8 Å². The number of nitrogens with one attached hydrogen (secondary N) is 2. The first-order chi connectivity index (χ1) is 12.6. The number of carbonyl (C=O) groups is 2. The van der Waals surface area contributed by atoms with Crippen LogP contribution in [0.5, 0.6) is 5.75 Å². The molecule has 0 saturated heterocycles. The first-order valence-corrected chi connectivity index (χ1v) is 8.58. The number of benzene rings is 1. The van der Waals surface area contributed by atoms with Crippen molar-refractivity contribution >= 4 is 40.4 Å². The van der Waals surface area contributed by atoms with Crippen molar-refractivity contribution in [3.8, 4) is 5.75 Å². The molecule has 2 aromatic heterocycles. The molecule has 3 rings (SSSR count). The van der Waals surface area contributed by atoms with E-state index in [0.717, 1.165) is 16.8 Å². The fraction of sp³-hybridized carbons (Fsp3) is 0.176. The van der Waals surface area contributed by atoms with Crippen LogP contribution in [0.4, 0.5) is 5.69 Å². The van der Waals surface area contributed by atoms with E-state index in [2.05, 4.69) is 20.3 Å². The summed E-state index contributed by atoms with van der Waals surface area (Å²) in [6.07, 6.45) is 2.86. The molecule has 26 heavy (non-hydrogen) atoms. The number of aromatic nitrogens is 3. The number of H-pyrrole nitrogens is 1. The molecule has 2 heterocycles. The topological polar surface area (TPSA) is 106 Å². The van der Waals surface area contributed by atoms with Gasteiger partial charge in [0.25, 0.3) is 0 Å². The molecule has 0 spiro atoms. The minimum Gasteiger partial charge on any atom is -0.497 e. The number of methoxy groups -OCH3 is 2. The Morgan fingerprint density at radius 3 is 2.88 bits per heavy atom. The third-order valence-electron chi connectivity index (χ3n) is 3.51. The molecule has 0 radical (unpaired) electrons. The van der Waals surface area contributed by atoms with Crippen LogP contribution in [-0.4, -0.2) is 46.8 Å². The second kappa shape index (κ2) is 7.87. The molecule has 0 atom stereocenters. The molecule has 134 valence electrons. The van der Waals surface area contributed by atoms with Gasteiger partial charge in [-0.05, 0) is 18.2 Å². The van der Waals surface area contributed by atoms with Gasteiger partial charge >= 0.3 is 5.97 Å². The number of ether oxygens (including phenoxy) is 2. The standard InChI is InChI=1S/C17H16N4O4S/c1-24-10-3-4-12-13(7-10)21-17(20-12)26-9-15(22)19-14-8-18-6-5-11(14)16(23)25-2/h3-8H,9H2,1-2H3,(H,19,22)(H,20,21). The van der Waals surface area contributed by atoms with E-state index in [1.54, 1.807) is 7.11 Å². The van der Waals surface area contributed by atoms with E-state index >= 15 is 0 Å². The van der Waals surface area contributed by atoms with Gasteiger partial charge in [-0.3, -0.25) is 9.78 Å². The number of imidazole rings is 1. The Hall–Kier alpha value is -3.07. The summed E-state index contributed by atoms with van der Waals surface area (Å²) in [4.78, 5) is 35.4. The number of pyridine rings is 1. The highest BCUT2D eigenvalue weighted by molar-refractivity contribution is 7.99. The van der Waals surface area contributed by atoms with Crippen molar-refractivity contribution in [2.75, 3.05) is 25.3 Å². The molecule has 0 aliphatic rings. The number of nitrogens with zero attached hydrogens (tertiary/aromatic N) is 2. The third kappa shape index (κ3) is 3.94. The van der Waals surface area contributed by atoms with Crippen LogP contribution >= 0.6 is 11.8 Å². The van der Waals surface area contributed by atoms with Crippen LogP contribution < -0.4 is 10.1 Å². The molecule has 1 amide bonds. The van der Waals surface area contributed by atoms with Crippen molar-refractivity contribution < 1.29 is 19.1 Å². The first kappa shape index (κ1) is 17.7. The van der Waals surface area contributed by atoms with Gasteiger partial charge in [-0.2, -0.15) is 0 Å². The van der Waals surface area contributed by atoms with Crippen LogP contribution in [0.3, 0.4) is 0 Å². The highest BCUT2D eigenvalue weighted by Gasteiger charge is 2.14. The second-order valence-electron chi connectivity index (χ2n) is 5.17. The molecule has 2 N–H and O–H groups in total. The summed E-state index contributed by atoms with van der Waals surface area (Å²) in [6, 6.07) is 6.99. The molecule has 1 aromatic carbocycles. The molecular formula is C17H16N4O4S. The zero-order valence-electron chi connectivity index (χ0n) is 14.1. The highest BCUT2D eigenvalue weighted by atomic mass is 32.2. The van der Waals surface area contributed by atoms with Gasteiger partial charge in [0.1, 0.15) is 5.75 Å². The molecular weight excluding hydrogens is 356 g/mol. The van der Waals surface area contributed by atoms with Gasteiger partial charge < -0.3 is 19.8 Å². The summed E-state index contributed by atoms with van der Waals surface area (Å²) in [7, 11) is 2.87. The van der Waals surface area contributed by atoms with E-state index in [-0.39, 0.29) is 17.2 Å². The lowest BCUT2D eigenvalue weighted by Gasteiger charge is -2.08. The van der Waals surface area contributed by atoms with E-state index in [4.69, 9.17) is 9.47 Å². The minimum absolute atomic E-state index is 0.118. The van der Waals surface area contributed by atoms with Crippen LogP contribution in [0.15, 0.2) is 41.8 Å². The fourth-order valence-corrected chi connectivity index (χ4v) is 2.95. The summed E-state index contributed by atoms with van der Waals surface area (Å²) < 4.78 is 9.87. The molecule has 3 aromatic rings. The number of thioether (sulfide) groups is 1. The number of anilines is 1. The average molecular weight is 372 g/mol. The van der Waals surface area contributed by atoms with Crippen LogP contribution in [0.1, 0.15) is 10.4 Å². The van der Waals surface area contributed by atoms with Crippen molar-refractivity contribution in [2.24, 2.45) is 0 Å². The summed E-state index contributed by atoms with van der Waals surface area (Å²) in [5.74, 6) is 0.0158. The Bertz CT molecular complexity index is 957. The van der Waals surface area contributed by atoms with Gasteiger partial charge in [0.2, 0.25) is 5.91 Å². The predicted molar refractivity (Wildman–Crippen MR) is 97.6 cm³/mol. The third-order valence-corrected chi connectivity index (χ3v) is 4.38. The number of carbonyl (C=O) groups excluding carboxylic acids is 2. The summed E-state index contributed by atoms with van der Waals surface area (Å²) >= 11 is 1.25. The molecule has 8 nitrogen and oxygen atoms in total. The number of esters is 1. The summed E-state index contributed by atoms with van der Waals surface area (Å²) in [5.41, 5.74) is 2.16. The van der Waals surface area contributed by atoms with Crippen LogP contribution in [0.2, 0.25) is 0 Å². The minimum atomic E-state index is -0.540. The van der Waals surface area contributed by atoms with E-state index < -0.39 is 5.97 Å². The molecule has 0 bridgehead atoms. The summed E-state index contributed by atoms with van der Waals surface area (Å²) in [6.45, 7) is 0. The molecule has 0 saturated carbocycles. The maximum absolute atomic E-state index is 12.2. The fourth-order valence-electron chi connectivity index (χ4n) is 2.26. The number of hydrogen-bond acceptors (Lipinski definition) is 7. The van der Waals surface area contributed by atoms with Gasteiger partial charge in [0.05, 0.1) is 48.5 Å². The predicted octanol–water partition coefficient (Wildman–Crippen LogP) is 2.48. The number of amides is 1. The maximum atomic E-state index is 12.2. The zero-order valence-corrected chi connectivity index (χ0v) is 14.9. The molecule has 9 heteroatoms. The first-order valence-electron chi connectivity index (χ1n) is 7.59. The zero-order chi connectivity index (χ0) is 18.5. The van der Waals surface area contributed by atoms with Crippen molar-refractivity contribution in [1.29, 1.82) is 0 Å². The second-order valence-corrected chi connectivity index (χ2v) is 6.14. The Morgan fingerprint density at radius 1 is 1.27 bits per heavy atom. The van der Waals surface area contributed by atoms with Gasteiger partial charge in [-0.25, -0.2) is 9.78 Å². The van der Waals surface area contributed by atoms with Crippen LogP contribution in [0, 0.1) is 0 Å². The molecule has 0 aliphatic carbocycles. The number of fused-ring (bicyclic) bond motifs is 1. The Kier molecular flexibility index (Phi) is 5.37. The average Bonchev–Trinajstić information content (AvgIpc) is 3.08. The smallest absolute Gasteiger partial charge is 0.340 e. The Morgan fingerprint density at radius 2 is 2.12 bits per heavy atom. The molecule has 0 unspecified atom stereocenters. The van der Waals surface area contributed by atoms with Crippen molar-refractivity contribution in [3.63, 3.8) is 0 Å². The van der Waals surface area contributed by atoms with Crippen LogP contribution in [0.25, 0.3) is 11.0 Å². The van der Waals surface area contributed by atoms with Crippen molar-refractivity contribution in [1.82, 2.24) is 15.0 Å². The lowest BCUT2D eigenvalue weighted by Crippen LogP contribution is -2.17. The van der Waals surface area contributed by atoms with Gasteiger partial charge in [-0.15, -0.1) is 0 Å². The Balaban J connectivity index is 1.65. The van der Waals surface area contributed by atoms with Crippen LogP contribution in [-0.2, 0) is 9.53 Å². The SMILES string of the molecule is COC(=O)c1ccncc1NC(=O)CSc1nc2ccc(OC)cc2[nH]1. The summed E-state index contributed by atoms with van der Waals surface area (Å²) in [5, 5.41) is 3.28. The lowest BCUT2D eigenvalue weighted by molar-refractivity contribution is -0.113. The Labute approximate surface area is 153 Å². The highest BCUT2D eigenvalue weighted by Crippen LogP contribution is 2.23. The van der Waals surface area contributed by atoms with Crippen molar-refractivity contribution in [2.45, 2.75) is 5.16 Å².